The fraction of sp³-hybridized carbons (Fsp3) is 0.406. The van der Waals surface area contributed by atoms with E-state index in [2.05, 4.69) is 65.3 Å². The summed E-state index contributed by atoms with van der Waals surface area (Å²) in [5, 5.41) is 0. The van der Waals surface area contributed by atoms with E-state index in [1.165, 1.54) is 22.4 Å². The van der Waals surface area contributed by atoms with E-state index >= 15 is 0 Å². The maximum atomic E-state index is 13.1. The highest BCUT2D eigenvalue weighted by Gasteiger charge is 2.37. The number of carbonyl (C=O) groups excluding carboxylic acids is 1. The van der Waals surface area contributed by atoms with Crippen LogP contribution in [0.2, 0.25) is 0 Å². The zero-order valence-corrected chi connectivity index (χ0v) is 22.2. The number of rotatable bonds is 9. The van der Waals surface area contributed by atoms with Crippen LogP contribution in [0, 0.1) is 6.92 Å². The molecule has 1 aliphatic heterocycles. The largest absolute Gasteiger partial charge is 0.462 e. The maximum absolute atomic E-state index is 13.1. The SMILES string of the molecule is Cc1cccc(-c2cccc(N3CCN(CCCC(C)(C(=O)OC(C)C)c4ccccc4)CC3)c2)c1. The third-order valence-corrected chi connectivity index (χ3v) is 7.29. The van der Waals surface area contributed by atoms with Gasteiger partial charge in [-0.15, -0.1) is 0 Å². The number of aryl methyl sites for hydroxylation is 1. The summed E-state index contributed by atoms with van der Waals surface area (Å²) < 4.78 is 5.66. The van der Waals surface area contributed by atoms with Crippen LogP contribution in [0.4, 0.5) is 5.69 Å². The molecule has 0 amide bonds. The summed E-state index contributed by atoms with van der Waals surface area (Å²) in [7, 11) is 0. The van der Waals surface area contributed by atoms with Gasteiger partial charge in [0.1, 0.15) is 0 Å². The van der Waals surface area contributed by atoms with Crippen molar-refractivity contribution in [3.8, 4) is 11.1 Å². The van der Waals surface area contributed by atoms with Gasteiger partial charge < -0.3 is 9.64 Å². The van der Waals surface area contributed by atoms with Gasteiger partial charge in [0.2, 0.25) is 0 Å². The molecule has 0 saturated carbocycles. The second-order valence-corrected chi connectivity index (χ2v) is 10.5. The number of hydrogen-bond acceptors (Lipinski definition) is 4. The third-order valence-electron chi connectivity index (χ3n) is 7.29. The number of nitrogens with zero attached hydrogens (tertiary/aromatic N) is 2. The van der Waals surface area contributed by atoms with Gasteiger partial charge in [-0.2, -0.15) is 0 Å². The molecule has 190 valence electrons. The smallest absolute Gasteiger partial charge is 0.316 e. The van der Waals surface area contributed by atoms with Crippen LogP contribution in [0.3, 0.4) is 0 Å². The van der Waals surface area contributed by atoms with E-state index in [0.29, 0.717) is 0 Å². The topological polar surface area (TPSA) is 32.8 Å². The maximum Gasteiger partial charge on any atom is 0.316 e. The van der Waals surface area contributed by atoms with Crippen molar-refractivity contribution >= 4 is 11.7 Å². The molecule has 3 aromatic carbocycles. The first-order valence-corrected chi connectivity index (χ1v) is 13.3. The molecule has 0 aliphatic carbocycles. The van der Waals surface area contributed by atoms with Crippen LogP contribution in [-0.4, -0.2) is 49.7 Å². The number of ether oxygens (including phenoxy) is 1. The summed E-state index contributed by atoms with van der Waals surface area (Å²) in [5.41, 5.74) is 5.53. The van der Waals surface area contributed by atoms with Crippen molar-refractivity contribution in [3.63, 3.8) is 0 Å². The van der Waals surface area contributed by atoms with Gasteiger partial charge in [-0.05, 0) is 75.9 Å². The molecule has 1 saturated heterocycles. The molecule has 0 N–H and O–H groups in total. The lowest BCUT2D eigenvalue weighted by Gasteiger charge is -2.37. The molecule has 3 aromatic rings. The lowest BCUT2D eigenvalue weighted by molar-refractivity contribution is -0.154. The van der Waals surface area contributed by atoms with Crippen LogP contribution in [0.1, 0.15) is 44.7 Å². The van der Waals surface area contributed by atoms with Gasteiger partial charge in [0.25, 0.3) is 0 Å². The predicted octanol–water partition coefficient (Wildman–Crippen LogP) is 6.47. The van der Waals surface area contributed by atoms with Crippen molar-refractivity contribution in [2.75, 3.05) is 37.6 Å². The van der Waals surface area contributed by atoms with Crippen molar-refractivity contribution in [2.45, 2.75) is 52.1 Å². The van der Waals surface area contributed by atoms with E-state index in [4.69, 9.17) is 4.74 Å². The number of carbonyl (C=O) groups is 1. The Kier molecular flexibility index (Phi) is 8.48. The van der Waals surface area contributed by atoms with Crippen molar-refractivity contribution < 1.29 is 9.53 Å². The Bertz CT molecular complexity index is 1140. The van der Waals surface area contributed by atoms with Crippen LogP contribution in [0.25, 0.3) is 11.1 Å². The summed E-state index contributed by atoms with van der Waals surface area (Å²) >= 11 is 0. The lowest BCUT2D eigenvalue weighted by atomic mass is 9.78. The highest BCUT2D eigenvalue weighted by atomic mass is 16.5. The molecule has 1 heterocycles. The van der Waals surface area contributed by atoms with Gasteiger partial charge in [0, 0.05) is 31.9 Å². The average Bonchev–Trinajstić information content (AvgIpc) is 2.89. The zero-order chi connectivity index (χ0) is 25.5. The zero-order valence-electron chi connectivity index (χ0n) is 22.2. The first kappa shape index (κ1) is 26.0. The molecular formula is C32H40N2O2. The molecule has 0 radical (unpaired) electrons. The highest BCUT2D eigenvalue weighted by molar-refractivity contribution is 5.82. The Morgan fingerprint density at radius 1 is 0.889 bits per heavy atom. The van der Waals surface area contributed by atoms with Crippen LogP contribution in [0.15, 0.2) is 78.9 Å². The first-order chi connectivity index (χ1) is 17.3. The van der Waals surface area contributed by atoms with Crippen LogP contribution < -0.4 is 4.90 Å². The number of benzene rings is 3. The Hall–Kier alpha value is -3.11. The molecule has 0 spiro atoms. The van der Waals surface area contributed by atoms with Crippen LogP contribution in [-0.2, 0) is 14.9 Å². The van der Waals surface area contributed by atoms with E-state index in [0.717, 1.165) is 51.1 Å². The number of piperazine rings is 1. The van der Waals surface area contributed by atoms with Gasteiger partial charge in [0.15, 0.2) is 0 Å². The Balaban J connectivity index is 1.33. The summed E-state index contributed by atoms with van der Waals surface area (Å²) in [5.74, 6) is -0.123. The minimum Gasteiger partial charge on any atom is -0.462 e. The van der Waals surface area contributed by atoms with Crippen molar-refractivity contribution in [1.82, 2.24) is 4.90 Å². The Morgan fingerprint density at radius 2 is 1.56 bits per heavy atom. The van der Waals surface area contributed by atoms with E-state index in [1.54, 1.807) is 0 Å². The summed E-state index contributed by atoms with van der Waals surface area (Å²) in [6, 6.07) is 27.7. The second-order valence-electron chi connectivity index (χ2n) is 10.5. The fourth-order valence-corrected chi connectivity index (χ4v) is 5.11. The predicted molar refractivity (Wildman–Crippen MR) is 150 cm³/mol. The van der Waals surface area contributed by atoms with Gasteiger partial charge in [-0.25, -0.2) is 0 Å². The van der Waals surface area contributed by atoms with E-state index in [9.17, 15) is 4.79 Å². The standard InChI is InChI=1S/C32H40N2O2/c1-25(2)36-31(35)32(4,29-14-6-5-7-15-29)17-10-18-33-19-21-34(22-20-33)30-16-9-13-28(24-30)27-12-8-11-26(3)23-27/h5-9,11-16,23-25H,10,17-22H2,1-4H3. The van der Waals surface area contributed by atoms with Crippen molar-refractivity contribution in [2.24, 2.45) is 0 Å². The molecule has 36 heavy (non-hydrogen) atoms. The molecule has 1 atom stereocenters. The number of anilines is 1. The minimum absolute atomic E-state index is 0.113. The van der Waals surface area contributed by atoms with Gasteiger partial charge in [-0.1, -0.05) is 72.3 Å². The second kappa shape index (κ2) is 11.7. The summed E-state index contributed by atoms with van der Waals surface area (Å²) in [6.07, 6.45) is 1.63. The number of esters is 1. The fourth-order valence-electron chi connectivity index (χ4n) is 5.11. The molecule has 0 bridgehead atoms. The van der Waals surface area contributed by atoms with E-state index in [1.807, 2.05) is 51.1 Å². The first-order valence-electron chi connectivity index (χ1n) is 13.3. The summed E-state index contributed by atoms with van der Waals surface area (Å²) in [6.45, 7) is 13.1. The molecular weight excluding hydrogens is 444 g/mol. The quantitative estimate of drug-likeness (QED) is 0.326. The minimum atomic E-state index is -0.621. The van der Waals surface area contributed by atoms with Gasteiger partial charge >= 0.3 is 5.97 Å². The van der Waals surface area contributed by atoms with Crippen molar-refractivity contribution in [3.05, 3.63) is 90.0 Å². The van der Waals surface area contributed by atoms with Crippen LogP contribution in [0.5, 0.6) is 0 Å². The molecule has 4 rings (SSSR count). The Morgan fingerprint density at radius 3 is 2.22 bits per heavy atom. The third kappa shape index (κ3) is 6.36. The normalized spacial score (nSPS) is 16.1. The van der Waals surface area contributed by atoms with Gasteiger partial charge in [-0.3, -0.25) is 9.69 Å². The van der Waals surface area contributed by atoms with Crippen LogP contribution >= 0.6 is 0 Å². The van der Waals surface area contributed by atoms with E-state index in [-0.39, 0.29) is 12.1 Å². The summed E-state index contributed by atoms with van der Waals surface area (Å²) in [4.78, 5) is 18.1. The average molecular weight is 485 g/mol. The van der Waals surface area contributed by atoms with Crippen molar-refractivity contribution in [1.29, 1.82) is 0 Å². The molecule has 1 unspecified atom stereocenters. The molecule has 4 heteroatoms. The van der Waals surface area contributed by atoms with E-state index < -0.39 is 5.41 Å². The molecule has 1 fully saturated rings. The molecule has 4 nitrogen and oxygen atoms in total. The number of hydrogen-bond donors (Lipinski definition) is 0. The lowest BCUT2D eigenvalue weighted by Crippen LogP contribution is -2.47. The Labute approximate surface area is 216 Å². The van der Waals surface area contributed by atoms with Gasteiger partial charge in [0.05, 0.1) is 11.5 Å². The highest BCUT2D eigenvalue weighted by Crippen LogP contribution is 2.32. The monoisotopic (exact) mass is 484 g/mol. The molecule has 1 aliphatic rings. The molecule has 0 aromatic heterocycles.